The molecule has 4 nitrogen and oxygen atoms in total. The second-order valence-electron chi connectivity index (χ2n) is 2.93. The Hall–Kier alpha value is -1.34. The Kier molecular flexibility index (Phi) is 4.51. The van der Waals surface area contributed by atoms with Gasteiger partial charge in [-0.2, -0.15) is 18.7 Å². The number of hydrogen-bond donors (Lipinski definition) is 1. The van der Waals surface area contributed by atoms with Crippen LogP contribution in [-0.4, -0.2) is 24.9 Å². The highest BCUT2D eigenvalue weighted by molar-refractivity contribution is 5.17. The van der Waals surface area contributed by atoms with E-state index < -0.39 is 12.8 Å². The van der Waals surface area contributed by atoms with Crippen molar-refractivity contribution in [2.24, 2.45) is 0 Å². The van der Waals surface area contributed by atoms with Crippen LogP contribution in [0.1, 0.15) is 5.56 Å². The number of aromatic nitrogens is 1. The Bertz CT molecular complexity index is 314. The lowest BCUT2D eigenvalue weighted by atomic mass is 10.3. The molecule has 0 atom stereocenters. The van der Waals surface area contributed by atoms with E-state index in [0.717, 1.165) is 0 Å². The van der Waals surface area contributed by atoms with Gasteiger partial charge in [-0.1, -0.05) is 6.07 Å². The standard InChI is InChI=1S/C9H11F3N2O2/c1-15-8-3-2-7(4-13-8)5-14-16-6-9(10,11)12/h2-4,14H,5-6H2,1H3. The number of hydrogen-bond acceptors (Lipinski definition) is 4. The van der Waals surface area contributed by atoms with Gasteiger partial charge >= 0.3 is 6.18 Å². The molecular formula is C9H11F3N2O2. The molecule has 0 saturated carbocycles. The average Bonchev–Trinajstić information content (AvgIpc) is 2.24. The maximum Gasteiger partial charge on any atom is 0.413 e. The summed E-state index contributed by atoms with van der Waals surface area (Å²) in [5.41, 5.74) is 2.89. The Balaban J connectivity index is 2.27. The minimum Gasteiger partial charge on any atom is -0.481 e. The van der Waals surface area contributed by atoms with Gasteiger partial charge < -0.3 is 4.74 Å². The number of rotatable bonds is 5. The van der Waals surface area contributed by atoms with E-state index in [-0.39, 0.29) is 6.54 Å². The summed E-state index contributed by atoms with van der Waals surface area (Å²) in [6.45, 7) is -1.18. The molecule has 1 aromatic heterocycles. The smallest absolute Gasteiger partial charge is 0.413 e. The number of hydroxylamine groups is 1. The Morgan fingerprint density at radius 1 is 1.38 bits per heavy atom. The van der Waals surface area contributed by atoms with Crippen LogP contribution in [0.2, 0.25) is 0 Å². The van der Waals surface area contributed by atoms with E-state index in [4.69, 9.17) is 4.74 Å². The maximum atomic E-state index is 11.7. The predicted molar refractivity (Wildman–Crippen MR) is 49.6 cm³/mol. The van der Waals surface area contributed by atoms with Gasteiger partial charge in [0.15, 0.2) is 6.61 Å². The summed E-state index contributed by atoms with van der Waals surface area (Å²) >= 11 is 0. The second kappa shape index (κ2) is 5.66. The minimum atomic E-state index is -4.33. The molecule has 7 heteroatoms. The van der Waals surface area contributed by atoms with Crippen LogP contribution in [0.5, 0.6) is 5.88 Å². The Labute approximate surface area is 90.3 Å². The van der Waals surface area contributed by atoms with Crippen LogP contribution in [0.25, 0.3) is 0 Å². The van der Waals surface area contributed by atoms with Gasteiger partial charge in [-0.15, -0.1) is 0 Å². The molecule has 90 valence electrons. The maximum absolute atomic E-state index is 11.7. The van der Waals surface area contributed by atoms with Gasteiger partial charge in [0, 0.05) is 18.8 Å². The Morgan fingerprint density at radius 2 is 2.12 bits per heavy atom. The van der Waals surface area contributed by atoms with Gasteiger partial charge in [0.25, 0.3) is 0 Å². The van der Waals surface area contributed by atoms with Gasteiger partial charge in [-0.05, 0) is 5.56 Å². The van der Waals surface area contributed by atoms with E-state index in [1.807, 2.05) is 0 Å². The van der Waals surface area contributed by atoms with Crippen molar-refractivity contribution in [3.63, 3.8) is 0 Å². The zero-order valence-electron chi connectivity index (χ0n) is 8.54. The number of halogens is 3. The van der Waals surface area contributed by atoms with Crippen LogP contribution in [0.3, 0.4) is 0 Å². The average molecular weight is 236 g/mol. The van der Waals surface area contributed by atoms with Gasteiger partial charge in [-0.25, -0.2) is 4.98 Å². The normalized spacial score (nSPS) is 11.5. The third-order valence-electron chi connectivity index (χ3n) is 1.62. The van der Waals surface area contributed by atoms with Gasteiger partial charge in [-0.3, -0.25) is 4.84 Å². The molecule has 1 rings (SSSR count). The summed E-state index contributed by atoms with van der Waals surface area (Å²) in [7, 11) is 1.48. The van der Waals surface area contributed by atoms with Crippen molar-refractivity contribution in [1.29, 1.82) is 0 Å². The van der Waals surface area contributed by atoms with Crippen LogP contribution in [0, 0.1) is 0 Å². The Morgan fingerprint density at radius 3 is 2.62 bits per heavy atom. The largest absolute Gasteiger partial charge is 0.481 e. The molecule has 1 N–H and O–H groups in total. The van der Waals surface area contributed by atoms with E-state index >= 15 is 0 Å². The number of nitrogens with zero attached hydrogens (tertiary/aromatic N) is 1. The zero-order valence-corrected chi connectivity index (χ0v) is 8.54. The second-order valence-corrected chi connectivity index (χ2v) is 2.93. The number of ether oxygens (including phenoxy) is 1. The van der Waals surface area contributed by atoms with Crippen molar-refractivity contribution in [1.82, 2.24) is 10.5 Å². The predicted octanol–water partition coefficient (Wildman–Crippen LogP) is 1.67. The molecule has 0 bridgehead atoms. The first-order valence-corrected chi connectivity index (χ1v) is 4.41. The highest BCUT2D eigenvalue weighted by Crippen LogP contribution is 2.13. The van der Waals surface area contributed by atoms with Crippen LogP contribution in [0.15, 0.2) is 18.3 Å². The summed E-state index contributed by atoms with van der Waals surface area (Å²) in [6, 6.07) is 3.29. The SMILES string of the molecule is COc1ccc(CNOCC(F)(F)F)cn1. The van der Waals surface area contributed by atoms with Crippen molar-refractivity contribution in [3.05, 3.63) is 23.9 Å². The summed E-state index contributed by atoms with van der Waals surface area (Å²) in [5, 5.41) is 0. The van der Waals surface area contributed by atoms with Crippen LogP contribution >= 0.6 is 0 Å². The molecule has 16 heavy (non-hydrogen) atoms. The van der Waals surface area contributed by atoms with Crippen LogP contribution < -0.4 is 10.2 Å². The number of alkyl halides is 3. The van der Waals surface area contributed by atoms with Crippen molar-refractivity contribution in [2.75, 3.05) is 13.7 Å². The first kappa shape index (κ1) is 12.7. The quantitative estimate of drug-likeness (QED) is 0.624. The molecule has 0 aliphatic rings. The fourth-order valence-corrected chi connectivity index (χ4v) is 0.903. The van der Waals surface area contributed by atoms with E-state index in [2.05, 4.69) is 15.3 Å². The summed E-state index contributed by atoms with van der Waals surface area (Å²) < 4.78 is 39.9. The molecule has 0 aliphatic carbocycles. The van der Waals surface area contributed by atoms with Crippen molar-refractivity contribution in [2.45, 2.75) is 12.7 Å². The molecule has 0 unspecified atom stereocenters. The summed E-state index contributed by atoms with van der Waals surface area (Å²) in [5.74, 6) is 0.444. The number of methoxy groups -OCH3 is 1. The first-order valence-electron chi connectivity index (χ1n) is 4.41. The first-order chi connectivity index (χ1) is 7.51. The lowest BCUT2D eigenvalue weighted by Gasteiger charge is -2.08. The molecule has 0 amide bonds. The lowest BCUT2D eigenvalue weighted by molar-refractivity contribution is -0.190. The molecule has 0 aromatic carbocycles. The fourth-order valence-electron chi connectivity index (χ4n) is 0.903. The molecule has 1 aromatic rings. The summed E-state index contributed by atoms with van der Waals surface area (Å²) in [4.78, 5) is 8.11. The fraction of sp³-hybridized carbons (Fsp3) is 0.444. The van der Waals surface area contributed by atoms with Crippen LogP contribution in [0.4, 0.5) is 13.2 Å². The third-order valence-corrected chi connectivity index (χ3v) is 1.62. The van der Waals surface area contributed by atoms with Gasteiger partial charge in [0.05, 0.1) is 7.11 Å². The van der Waals surface area contributed by atoms with E-state index in [1.165, 1.54) is 13.3 Å². The molecule has 0 radical (unpaired) electrons. The van der Waals surface area contributed by atoms with Gasteiger partial charge in [0.2, 0.25) is 5.88 Å². The molecule has 0 saturated heterocycles. The summed E-state index contributed by atoms with van der Waals surface area (Å²) in [6.07, 6.45) is -2.84. The van der Waals surface area contributed by atoms with Crippen LogP contribution in [-0.2, 0) is 11.4 Å². The molecule has 0 spiro atoms. The van der Waals surface area contributed by atoms with Gasteiger partial charge in [0.1, 0.15) is 0 Å². The molecule has 1 heterocycles. The molecule has 0 aliphatic heterocycles. The lowest BCUT2D eigenvalue weighted by Crippen LogP contribution is -2.24. The highest BCUT2D eigenvalue weighted by atomic mass is 19.4. The van der Waals surface area contributed by atoms with E-state index in [0.29, 0.717) is 11.4 Å². The highest BCUT2D eigenvalue weighted by Gasteiger charge is 2.27. The molecular weight excluding hydrogens is 225 g/mol. The van der Waals surface area contributed by atoms with E-state index in [9.17, 15) is 13.2 Å². The number of nitrogens with one attached hydrogen (secondary N) is 1. The van der Waals surface area contributed by atoms with Crippen molar-refractivity contribution in [3.8, 4) is 5.88 Å². The minimum absolute atomic E-state index is 0.146. The van der Waals surface area contributed by atoms with Crippen molar-refractivity contribution >= 4 is 0 Å². The number of pyridine rings is 1. The van der Waals surface area contributed by atoms with E-state index in [1.54, 1.807) is 12.1 Å². The third kappa shape index (κ3) is 4.94. The molecule has 0 fully saturated rings. The monoisotopic (exact) mass is 236 g/mol. The van der Waals surface area contributed by atoms with Crippen molar-refractivity contribution < 1.29 is 22.7 Å². The zero-order chi connectivity index (χ0) is 12.0. The topological polar surface area (TPSA) is 43.4 Å².